The first-order valence-corrected chi connectivity index (χ1v) is 10.6. The average Bonchev–Trinajstić information content (AvgIpc) is 3.34. The maximum absolute atomic E-state index is 12.4. The predicted octanol–water partition coefficient (Wildman–Crippen LogP) is 2.64. The highest BCUT2D eigenvalue weighted by atomic mass is 16.5. The molecule has 30 heavy (non-hydrogen) atoms. The molecule has 1 aromatic heterocycles. The molecule has 2 N–H and O–H groups in total. The van der Waals surface area contributed by atoms with Gasteiger partial charge >= 0.3 is 0 Å². The molecule has 2 heterocycles. The van der Waals surface area contributed by atoms with E-state index >= 15 is 0 Å². The van der Waals surface area contributed by atoms with Crippen molar-refractivity contribution in [2.24, 2.45) is 0 Å². The van der Waals surface area contributed by atoms with Gasteiger partial charge in [-0.25, -0.2) is 0 Å². The van der Waals surface area contributed by atoms with E-state index in [9.17, 15) is 4.79 Å². The molecule has 2 aromatic carbocycles. The number of fused-ring (bicyclic) bond motifs is 3. The third-order valence-corrected chi connectivity index (χ3v) is 5.94. The standard InChI is InChI=1S/C24H26N4O2/c29-22(25-8-9-28-10-12-30-13-11-28)15-17-6-7-20-19(14-17)16-21-23(26-27-24(20)21)18-4-2-1-3-5-18/h1-7,14H,8-13,15-16H2,(H,25,29)(H,26,27). The van der Waals surface area contributed by atoms with Gasteiger partial charge in [0, 0.05) is 49.3 Å². The van der Waals surface area contributed by atoms with Crippen LogP contribution < -0.4 is 5.32 Å². The first kappa shape index (κ1) is 19.0. The van der Waals surface area contributed by atoms with Crippen molar-refractivity contribution in [1.82, 2.24) is 20.4 Å². The second-order valence-corrected chi connectivity index (χ2v) is 7.94. The summed E-state index contributed by atoms with van der Waals surface area (Å²) >= 11 is 0. The van der Waals surface area contributed by atoms with Crippen molar-refractivity contribution < 1.29 is 9.53 Å². The van der Waals surface area contributed by atoms with Crippen molar-refractivity contribution in [3.05, 3.63) is 65.2 Å². The van der Waals surface area contributed by atoms with Crippen molar-refractivity contribution >= 4 is 5.91 Å². The average molecular weight is 402 g/mol. The number of aromatic amines is 1. The van der Waals surface area contributed by atoms with Gasteiger partial charge in [-0.15, -0.1) is 0 Å². The molecule has 1 fully saturated rings. The number of amides is 1. The summed E-state index contributed by atoms with van der Waals surface area (Å²) in [5.74, 6) is 0.0753. The molecule has 1 saturated heterocycles. The van der Waals surface area contributed by atoms with E-state index in [1.165, 1.54) is 16.7 Å². The van der Waals surface area contributed by atoms with Crippen molar-refractivity contribution in [2.45, 2.75) is 12.8 Å². The van der Waals surface area contributed by atoms with E-state index in [2.05, 4.69) is 50.7 Å². The smallest absolute Gasteiger partial charge is 0.224 e. The molecule has 6 nitrogen and oxygen atoms in total. The van der Waals surface area contributed by atoms with Crippen LogP contribution in [0.5, 0.6) is 0 Å². The van der Waals surface area contributed by atoms with E-state index < -0.39 is 0 Å². The minimum Gasteiger partial charge on any atom is -0.379 e. The zero-order valence-corrected chi connectivity index (χ0v) is 17.0. The van der Waals surface area contributed by atoms with Gasteiger partial charge in [0.05, 0.1) is 31.0 Å². The Morgan fingerprint density at radius 2 is 1.97 bits per heavy atom. The molecule has 0 radical (unpaired) electrons. The fourth-order valence-corrected chi connectivity index (χ4v) is 4.36. The fourth-order valence-electron chi connectivity index (χ4n) is 4.36. The Morgan fingerprint density at radius 3 is 2.80 bits per heavy atom. The summed E-state index contributed by atoms with van der Waals surface area (Å²) in [6.07, 6.45) is 1.26. The van der Waals surface area contributed by atoms with E-state index in [0.717, 1.165) is 61.8 Å². The lowest BCUT2D eigenvalue weighted by molar-refractivity contribution is -0.120. The Bertz CT molecular complexity index is 1040. The maximum atomic E-state index is 12.4. The molecular weight excluding hydrogens is 376 g/mol. The molecular formula is C24H26N4O2. The molecule has 0 unspecified atom stereocenters. The molecule has 1 aliphatic carbocycles. The first-order valence-electron chi connectivity index (χ1n) is 10.6. The minimum absolute atomic E-state index is 0.0753. The number of aromatic nitrogens is 2. The Kier molecular flexibility index (Phi) is 5.34. The summed E-state index contributed by atoms with van der Waals surface area (Å²) in [5, 5.41) is 10.8. The van der Waals surface area contributed by atoms with Gasteiger partial charge in [-0.05, 0) is 11.1 Å². The minimum atomic E-state index is 0.0753. The van der Waals surface area contributed by atoms with Crippen LogP contribution in [0.1, 0.15) is 16.7 Å². The zero-order chi connectivity index (χ0) is 20.3. The Labute approximate surface area is 176 Å². The van der Waals surface area contributed by atoms with E-state index in [4.69, 9.17) is 4.74 Å². The van der Waals surface area contributed by atoms with Crippen LogP contribution in [0.15, 0.2) is 48.5 Å². The number of benzene rings is 2. The van der Waals surface area contributed by atoms with E-state index in [1.807, 2.05) is 18.2 Å². The van der Waals surface area contributed by atoms with E-state index in [-0.39, 0.29) is 5.91 Å². The van der Waals surface area contributed by atoms with Crippen molar-refractivity contribution in [3.63, 3.8) is 0 Å². The molecule has 1 amide bonds. The molecule has 154 valence electrons. The van der Waals surface area contributed by atoms with Gasteiger partial charge in [-0.1, -0.05) is 48.5 Å². The van der Waals surface area contributed by atoms with Crippen LogP contribution in [-0.4, -0.2) is 60.4 Å². The summed E-state index contributed by atoms with van der Waals surface area (Å²) in [6, 6.07) is 16.6. The fraction of sp³-hybridized carbons (Fsp3) is 0.333. The summed E-state index contributed by atoms with van der Waals surface area (Å²) in [7, 11) is 0. The van der Waals surface area contributed by atoms with Gasteiger partial charge in [0.2, 0.25) is 5.91 Å². The second kappa shape index (κ2) is 8.42. The normalized spacial score (nSPS) is 15.6. The molecule has 2 aliphatic rings. The third-order valence-electron chi connectivity index (χ3n) is 5.94. The number of rotatable bonds is 6. The number of hydrogen-bond acceptors (Lipinski definition) is 4. The molecule has 3 aromatic rings. The topological polar surface area (TPSA) is 70.2 Å². The lowest BCUT2D eigenvalue weighted by Crippen LogP contribution is -2.41. The molecule has 0 atom stereocenters. The SMILES string of the molecule is O=C(Cc1ccc2c(c1)Cc1c(-c3ccccc3)n[nH]c1-2)NCCN1CCOCC1. The highest BCUT2D eigenvalue weighted by molar-refractivity contribution is 5.82. The van der Waals surface area contributed by atoms with Crippen LogP contribution in [0.4, 0.5) is 0 Å². The summed E-state index contributed by atoms with van der Waals surface area (Å²) < 4.78 is 5.36. The van der Waals surface area contributed by atoms with Crippen molar-refractivity contribution in [2.75, 3.05) is 39.4 Å². The van der Waals surface area contributed by atoms with Gasteiger partial charge in [-0.2, -0.15) is 5.10 Å². The number of carbonyl (C=O) groups is 1. The van der Waals surface area contributed by atoms with Crippen molar-refractivity contribution in [1.29, 1.82) is 0 Å². The summed E-state index contributed by atoms with van der Waals surface area (Å²) in [6.45, 7) is 5.02. The van der Waals surface area contributed by atoms with Crippen LogP contribution in [0.3, 0.4) is 0 Å². The van der Waals surface area contributed by atoms with Crippen LogP contribution in [0.25, 0.3) is 22.5 Å². The zero-order valence-electron chi connectivity index (χ0n) is 17.0. The van der Waals surface area contributed by atoms with Crippen molar-refractivity contribution in [3.8, 4) is 22.5 Å². The van der Waals surface area contributed by atoms with Gasteiger partial charge < -0.3 is 10.1 Å². The summed E-state index contributed by atoms with van der Waals surface area (Å²) in [4.78, 5) is 14.7. The molecule has 5 rings (SSSR count). The van der Waals surface area contributed by atoms with Crippen LogP contribution in [0, 0.1) is 0 Å². The van der Waals surface area contributed by atoms with Gasteiger partial charge in [0.1, 0.15) is 0 Å². The molecule has 6 heteroatoms. The molecule has 0 bridgehead atoms. The molecule has 0 saturated carbocycles. The number of H-pyrrole nitrogens is 1. The lowest BCUT2D eigenvalue weighted by Gasteiger charge is -2.26. The van der Waals surface area contributed by atoms with Gasteiger partial charge in [0.25, 0.3) is 0 Å². The molecule has 0 spiro atoms. The number of nitrogens with one attached hydrogen (secondary N) is 2. The largest absolute Gasteiger partial charge is 0.379 e. The Balaban J connectivity index is 1.22. The third kappa shape index (κ3) is 3.88. The number of carbonyl (C=O) groups excluding carboxylic acids is 1. The summed E-state index contributed by atoms with van der Waals surface area (Å²) in [5.41, 5.74) is 7.99. The number of ether oxygens (including phenoxy) is 1. The predicted molar refractivity (Wildman–Crippen MR) is 116 cm³/mol. The van der Waals surface area contributed by atoms with Crippen LogP contribution in [-0.2, 0) is 22.4 Å². The van der Waals surface area contributed by atoms with E-state index in [0.29, 0.717) is 13.0 Å². The highest BCUT2D eigenvalue weighted by Crippen LogP contribution is 2.40. The first-order chi connectivity index (χ1) is 14.8. The molecule has 1 aliphatic heterocycles. The lowest BCUT2D eigenvalue weighted by atomic mass is 10.0. The Morgan fingerprint density at radius 1 is 1.13 bits per heavy atom. The second-order valence-electron chi connectivity index (χ2n) is 7.94. The number of nitrogens with zero attached hydrogens (tertiary/aromatic N) is 2. The quantitative estimate of drug-likeness (QED) is 0.520. The number of hydrogen-bond donors (Lipinski definition) is 2. The van der Waals surface area contributed by atoms with Crippen LogP contribution in [0.2, 0.25) is 0 Å². The van der Waals surface area contributed by atoms with Gasteiger partial charge in [-0.3, -0.25) is 14.8 Å². The van der Waals surface area contributed by atoms with E-state index in [1.54, 1.807) is 0 Å². The van der Waals surface area contributed by atoms with Crippen LogP contribution >= 0.6 is 0 Å². The monoisotopic (exact) mass is 402 g/mol. The van der Waals surface area contributed by atoms with Gasteiger partial charge in [0.15, 0.2) is 0 Å². The number of morpholine rings is 1. The Hall–Kier alpha value is -2.96. The maximum Gasteiger partial charge on any atom is 0.224 e. The highest BCUT2D eigenvalue weighted by Gasteiger charge is 2.25.